The van der Waals surface area contributed by atoms with Crippen molar-refractivity contribution in [3.05, 3.63) is 6.20 Å². The zero-order chi connectivity index (χ0) is 9.97. The molecule has 1 aromatic heterocycles. The van der Waals surface area contributed by atoms with Crippen LogP contribution in [0.15, 0.2) is 6.20 Å². The number of anilines is 1. The Labute approximate surface area is 83.2 Å². The lowest BCUT2D eigenvalue weighted by atomic mass is 9.92. The van der Waals surface area contributed by atoms with Gasteiger partial charge in [0.2, 0.25) is 0 Å². The maximum absolute atomic E-state index is 5.54. The number of hydrogen-bond acceptors (Lipinski definition) is 4. The predicted molar refractivity (Wildman–Crippen MR) is 52.7 cm³/mol. The van der Waals surface area contributed by atoms with Gasteiger partial charge in [-0.3, -0.25) is 0 Å². The van der Waals surface area contributed by atoms with Crippen LogP contribution in [0.25, 0.3) is 0 Å². The third-order valence-corrected chi connectivity index (χ3v) is 2.84. The van der Waals surface area contributed by atoms with Crippen LogP contribution in [0, 0.1) is 0 Å². The molecule has 5 heteroatoms. The van der Waals surface area contributed by atoms with Crippen LogP contribution in [-0.4, -0.2) is 28.2 Å². The number of rotatable bonds is 2. The van der Waals surface area contributed by atoms with E-state index >= 15 is 0 Å². The van der Waals surface area contributed by atoms with Gasteiger partial charge in [0.1, 0.15) is 0 Å². The van der Waals surface area contributed by atoms with E-state index in [-0.39, 0.29) is 6.10 Å². The Bertz CT molecular complexity index is 299. The van der Waals surface area contributed by atoms with Crippen molar-refractivity contribution in [3.8, 4) is 0 Å². The van der Waals surface area contributed by atoms with Crippen molar-refractivity contribution in [1.29, 1.82) is 0 Å². The number of aromatic nitrogens is 3. The number of methoxy groups -OCH3 is 1. The first-order valence-electron chi connectivity index (χ1n) is 5.01. The molecule has 0 radical (unpaired) electrons. The monoisotopic (exact) mass is 196 g/mol. The highest BCUT2D eigenvalue weighted by molar-refractivity contribution is 5.20. The Balaban J connectivity index is 2.14. The molecule has 2 unspecified atom stereocenters. The maximum atomic E-state index is 5.54. The molecule has 1 heterocycles. The van der Waals surface area contributed by atoms with E-state index in [1.165, 1.54) is 12.8 Å². The molecule has 1 saturated carbocycles. The third kappa shape index (κ3) is 1.72. The SMILES string of the molecule is COC1CCCCC1n1cc(N)nn1. The van der Waals surface area contributed by atoms with Crippen molar-refractivity contribution >= 4 is 5.82 Å². The van der Waals surface area contributed by atoms with Crippen molar-refractivity contribution in [2.24, 2.45) is 0 Å². The standard InChI is InChI=1S/C9H16N4O/c1-14-8-5-3-2-4-7(8)13-6-9(10)11-12-13/h6-8H,2-5,10H2,1H3. The van der Waals surface area contributed by atoms with Gasteiger partial charge in [-0.15, -0.1) is 5.10 Å². The van der Waals surface area contributed by atoms with Gasteiger partial charge in [0.15, 0.2) is 5.82 Å². The molecule has 78 valence electrons. The summed E-state index contributed by atoms with van der Waals surface area (Å²) in [4.78, 5) is 0. The van der Waals surface area contributed by atoms with E-state index in [1.54, 1.807) is 13.3 Å². The average molecular weight is 196 g/mol. The fourth-order valence-electron chi connectivity index (χ4n) is 2.11. The molecule has 0 bridgehead atoms. The smallest absolute Gasteiger partial charge is 0.165 e. The second-order valence-electron chi connectivity index (χ2n) is 3.75. The highest BCUT2D eigenvalue weighted by Gasteiger charge is 2.27. The minimum absolute atomic E-state index is 0.254. The molecule has 5 nitrogen and oxygen atoms in total. The highest BCUT2D eigenvalue weighted by Crippen LogP contribution is 2.29. The van der Waals surface area contributed by atoms with E-state index < -0.39 is 0 Å². The number of nitrogens with zero attached hydrogens (tertiary/aromatic N) is 3. The fraction of sp³-hybridized carbons (Fsp3) is 0.778. The molecule has 1 aliphatic rings. The van der Waals surface area contributed by atoms with Crippen LogP contribution >= 0.6 is 0 Å². The zero-order valence-electron chi connectivity index (χ0n) is 8.39. The molecule has 0 aliphatic heterocycles. The van der Waals surface area contributed by atoms with E-state index in [9.17, 15) is 0 Å². The zero-order valence-corrected chi connectivity index (χ0v) is 8.39. The number of nitrogens with two attached hydrogens (primary N) is 1. The first-order valence-corrected chi connectivity index (χ1v) is 5.01. The van der Waals surface area contributed by atoms with Crippen LogP contribution in [-0.2, 0) is 4.74 Å². The summed E-state index contributed by atoms with van der Waals surface area (Å²) in [6, 6.07) is 0.304. The number of nitrogen functional groups attached to an aromatic ring is 1. The minimum Gasteiger partial charge on any atom is -0.381 e. The molecule has 1 aliphatic carbocycles. The molecule has 2 rings (SSSR count). The molecule has 14 heavy (non-hydrogen) atoms. The van der Waals surface area contributed by atoms with Gasteiger partial charge in [0.05, 0.1) is 18.3 Å². The van der Waals surface area contributed by atoms with E-state index in [1.807, 2.05) is 4.68 Å². The Hall–Kier alpha value is -1.10. The molecule has 0 amide bonds. The third-order valence-electron chi connectivity index (χ3n) is 2.84. The summed E-state index contributed by atoms with van der Waals surface area (Å²) in [6.45, 7) is 0. The van der Waals surface area contributed by atoms with Crippen LogP contribution in [0.3, 0.4) is 0 Å². The van der Waals surface area contributed by atoms with Crippen molar-refractivity contribution in [2.75, 3.05) is 12.8 Å². The summed E-state index contributed by atoms with van der Waals surface area (Å²) in [5.74, 6) is 0.477. The Morgan fingerprint density at radius 3 is 2.93 bits per heavy atom. The lowest BCUT2D eigenvalue weighted by Crippen LogP contribution is -2.29. The Kier molecular flexibility index (Phi) is 2.67. The largest absolute Gasteiger partial charge is 0.381 e. The van der Waals surface area contributed by atoms with Crippen molar-refractivity contribution in [2.45, 2.75) is 37.8 Å². The van der Waals surface area contributed by atoms with Gasteiger partial charge in [-0.2, -0.15) is 0 Å². The first kappa shape index (κ1) is 9.45. The maximum Gasteiger partial charge on any atom is 0.165 e. The molecule has 0 saturated heterocycles. The summed E-state index contributed by atoms with van der Waals surface area (Å²) in [6.07, 6.45) is 6.69. The van der Waals surface area contributed by atoms with Crippen molar-refractivity contribution < 1.29 is 4.74 Å². The second kappa shape index (κ2) is 3.96. The van der Waals surface area contributed by atoms with Crippen LogP contribution in [0.2, 0.25) is 0 Å². The second-order valence-corrected chi connectivity index (χ2v) is 3.75. The van der Waals surface area contributed by atoms with Gasteiger partial charge in [-0.1, -0.05) is 18.1 Å². The Morgan fingerprint density at radius 2 is 2.29 bits per heavy atom. The van der Waals surface area contributed by atoms with E-state index in [2.05, 4.69) is 10.3 Å². The summed E-state index contributed by atoms with van der Waals surface area (Å²) in [7, 11) is 1.75. The molecular formula is C9H16N4O. The average Bonchev–Trinajstić information content (AvgIpc) is 2.65. The van der Waals surface area contributed by atoms with Gasteiger partial charge < -0.3 is 10.5 Å². The van der Waals surface area contributed by atoms with Gasteiger partial charge in [0.25, 0.3) is 0 Å². The van der Waals surface area contributed by atoms with Crippen molar-refractivity contribution in [3.63, 3.8) is 0 Å². The van der Waals surface area contributed by atoms with Crippen LogP contribution in [0.5, 0.6) is 0 Å². The summed E-state index contributed by atoms with van der Waals surface area (Å²) < 4.78 is 7.27. The first-order chi connectivity index (χ1) is 6.81. The molecule has 2 N–H and O–H groups in total. The fourth-order valence-corrected chi connectivity index (χ4v) is 2.11. The molecule has 0 aromatic carbocycles. The van der Waals surface area contributed by atoms with E-state index in [4.69, 9.17) is 10.5 Å². The number of ether oxygens (including phenoxy) is 1. The van der Waals surface area contributed by atoms with E-state index in [0.29, 0.717) is 11.9 Å². The summed E-state index contributed by atoms with van der Waals surface area (Å²) >= 11 is 0. The van der Waals surface area contributed by atoms with Crippen LogP contribution in [0.1, 0.15) is 31.7 Å². The van der Waals surface area contributed by atoms with Gasteiger partial charge in [0, 0.05) is 7.11 Å². The van der Waals surface area contributed by atoms with Crippen LogP contribution in [0.4, 0.5) is 5.82 Å². The van der Waals surface area contributed by atoms with E-state index in [0.717, 1.165) is 12.8 Å². The van der Waals surface area contributed by atoms with Gasteiger partial charge in [-0.05, 0) is 12.8 Å². The Morgan fingerprint density at radius 1 is 1.50 bits per heavy atom. The lowest BCUT2D eigenvalue weighted by Gasteiger charge is -2.29. The molecule has 0 spiro atoms. The minimum atomic E-state index is 0.254. The summed E-state index contributed by atoms with van der Waals surface area (Å²) in [5.41, 5.74) is 5.54. The predicted octanol–water partition coefficient (Wildman–Crippen LogP) is 0.990. The summed E-state index contributed by atoms with van der Waals surface area (Å²) in [5, 5.41) is 7.80. The molecular weight excluding hydrogens is 180 g/mol. The van der Waals surface area contributed by atoms with Crippen molar-refractivity contribution in [1.82, 2.24) is 15.0 Å². The molecule has 1 fully saturated rings. The molecule has 2 atom stereocenters. The number of hydrogen-bond donors (Lipinski definition) is 1. The normalized spacial score (nSPS) is 27.8. The molecule has 1 aromatic rings. The van der Waals surface area contributed by atoms with Gasteiger partial charge in [-0.25, -0.2) is 4.68 Å². The highest BCUT2D eigenvalue weighted by atomic mass is 16.5. The van der Waals surface area contributed by atoms with Gasteiger partial charge >= 0.3 is 0 Å². The topological polar surface area (TPSA) is 66.0 Å². The quantitative estimate of drug-likeness (QED) is 0.766. The lowest BCUT2D eigenvalue weighted by molar-refractivity contribution is 0.0239. The van der Waals surface area contributed by atoms with Crippen LogP contribution < -0.4 is 5.73 Å².